The summed E-state index contributed by atoms with van der Waals surface area (Å²) < 4.78 is 5.32. The molecule has 2 heterocycles. The number of hydrogen-bond donors (Lipinski definition) is 2. The quantitative estimate of drug-likeness (QED) is 0.379. The number of carbonyl (C=O) groups excluding carboxylic acids is 2. The largest absolute Gasteiger partial charge is 0.459 e. The number of esters is 1. The summed E-state index contributed by atoms with van der Waals surface area (Å²) in [5.74, 6) is -2.17. The third-order valence-corrected chi connectivity index (χ3v) is 5.70. The van der Waals surface area contributed by atoms with Crippen molar-refractivity contribution in [2.75, 3.05) is 6.54 Å². The Bertz CT molecular complexity index is 1110. The molecule has 0 saturated carbocycles. The van der Waals surface area contributed by atoms with Crippen molar-refractivity contribution in [3.8, 4) is 0 Å². The van der Waals surface area contributed by atoms with E-state index in [-0.39, 0.29) is 18.1 Å². The average molecular weight is 467 g/mol. The number of rotatable bonds is 6. The first-order valence-corrected chi connectivity index (χ1v) is 11.0. The van der Waals surface area contributed by atoms with E-state index in [9.17, 15) is 19.7 Å². The lowest BCUT2D eigenvalue weighted by Gasteiger charge is -2.45. The number of pyridine rings is 1. The molecular formula is C25H30N4O5. The second kappa shape index (κ2) is 9.62. The number of allylic oxidation sites excluding steroid dienone is 2. The number of nitrogens with one attached hydrogen (secondary N) is 2. The highest BCUT2D eigenvalue weighted by Gasteiger charge is 2.48. The Balaban J connectivity index is 2.03. The molecule has 3 rings (SSSR count). The highest BCUT2D eigenvalue weighted by atomic mass is 16.6. The summed E-state index contributed by atoms with van der Waals surface area (Å²) in [7, 11) is 0. The highest BCUT2D eigenvalue weighted by molar-refractivity contribution is 5.86. The molecule has 2 aromatic rings. The third kappa shape index (κ3) is 5.59. The van der Waals surface area contributed by atoms with Gasteiger partial charge in [-0.05, 0) is 51.8 Å². The molecule has 2 N–H and O–H groups in total. The molecule has 9 nitrogen and oxygen atoms in total. The maximum Gasteiger partial charge on any atom is 0.325 e. The maximum absolute atomic E-state index is 13.6. The van der Waals surface area contributed by atoms with Gasteiger partial charge >= 0.3 is 5.97 Å². The van der Waals surface area contributed by atoms with Crippen molar-refractivity contribution in [1.29, 1.82) is 0 Å². The van der Waals surface area contributed by atoms with Gasteiger partial charge in [0.25, 0.3) is 5.69 Å². The van der Waals surface area contributed by atoms with Crippen LogP contribution >= 0.6 is 0 Å². The molecular weight excluding hydrogens is 436 g/mol. The van der Waals surface area contributed by atoms with Crippen molar-refractivity contribution in [2.45, 2.75) is 51.7 Å². The number of amides is 1. The zero-order valence-electron chi connectivity index (χ0n) is 20.0. The summed E-state index contributed by atoms with van der Waals surface area (Å²) in [4.78, 5) is 41.0. The zero-order chi connectivity index (χ0) is 25.1. The molecule has 1 aliphatic rings. The molecule has 1 aromatic carbocycles. The van der Waals surface area contributed by atoms with Crippen molar-refractivity contribution >= 4 is 17.6 Å². The summed E-state index contributed by atoms with van der Waals surface area (Å²) >= 11 is 0. The van der Waals surface area contributed by atoms with Crippen LogP contribution in [0.5, 0.6) is 0 Å². The molecule has 180 valence electrons. The van der Waals surface area contributed by atoms with Crippen LogP contribution in [0.1, 0.15) is 51.7 Å². The Hall–Kier alpha value is -3.75. The molecule has 34 heavy (non-hydrogen) atoms. The van der Waals surface area contributed by atoms with Gasteiger partial charge in [-0.15, -0.1) is 0 Å². The van der Waals surface area contributed by atoms with Gasteiger partial charge in [-0.3, -0.25) is 24.7 Å². The minimum Gasteiger partial charge on any atom is -0.459 e. The van der Waals surface area contributed by atoms with Crippen LogP contribution in [0.15, 0.2) is 60.6 Å². The van der Waals surface area contributed by atoms with Gasteiger partial charge in [-0.1, -0.05) is 24.3 Å². The smallest absolute Gasteiger partial charge is 0.325 e. The number of hydrogen-bond acceptors (Lipinski definition) is 7. The summed E-state index contributed by atoms with van der Waals surface area (Å²) in [5.41, 5.74) is 0.583. The van der Waals surface area contributed by atoms with Gasteiger partial charge in [0.1, 0.15) is 12.1 Å². The molecule has 3 atom stereocenters. The lowest BCUT2D eigenvalue weighted by molar-refractivity contribution is -0.384. The number of non-ortho nitro benzene ring substituents is 1. The van der Waals surface area contributed by atoms with Crippen LogP contribution in [-0.2, 0) is 19.9 Å². The highest BCUT2D eigenvalue weighted by Crippen LogP contribution is 2.44. The predicted octanol–water partition coefficient (Wildman–Crippen LogP) is 3.57. The Morgan fingerprint density at radius 3 is 2.62 bits per heavy atom. The molecule has 1 amide bonds. The molecule has 0 spiro atoms. The molecule has 9 heteroatoms. The third-order valence-electron chi connectivity index (χ3n) is 5.70. The van der Waals surface area contributed by atoms with Crippen LogP contribution in [0.25, 0.3) is 0 Å². The second-order valence-electron chi connectivity index (χ2n) is 9.58. The van der Waals surface area contributed by atoms with E-state index in [4.69, 9.17) is 4.74 Å². The zero-order valence-corrected chi connectivity index (χ0v) is 20.0. The van der Waals surface area contributed by atoms with Crippen molar-refractivity contribution in [2.24, 2.45) is 5.92 Å². The predicted molar refractivity (Wildman–Crippen MR) is 127 cm³/mol. The van der Waals surface area contributed by atoms with Gasteiger partial charge in [0.15, 0.2) is 0 Å². The van der Waals surface area contributed by atoms with Crippen LogP contribution in [0, 0.1) is 16.0 Å². The minimum atomic E-state index is -0.902. The van der Waals surface area contributed by atoms with E-state index in [1.807, 2.05) is 26.0 Å². The van der Waals surface area contributed by atoms with Gasteiger partial charge in [0.05, 0.1) is 16.4 Å². The average Bonchev–Trinajstić information content (AvgIpc) is 2.76. The molecule has 0 bridgehead atoms. The van der Waals surface area contributed by atoms with Gasteiger partial charge < -0.3 is 15.4 Å². The van der Waals surface area contributed by atoms with Crippen molar-refractivity contribution in [3.63, 3.8) is 0 Å². The molecule has 0 saturated heterocycles. The molecule has 3 unspecified atom stereocenters. The minimum absolute atomic E-state index is 0.0573. The van der Waals surface area contributed by atoms with E-state index in [2.05, 4.69) is 15.6 Å². The summed E-state index contributed by atoms with van der Waals surface area (Å²) in [6.07, 6.45) is 5.22. The Labute approximate surface area is 198 Å². The van der Waals surface area contributed by atoms with Crippen LogP contribution < -0.4 is 10.6 Å². The van der Waals surface area contributed by atoms with Gasteiger partial charge in [-0.25, -0.2) is 0 Å². The topological polar surface area (TPSA) is 123 Å². The van der Waals surface area contributed by atoms with E-state index in [0.29, 0.717) is 5.56 Å². The van der Waals surface area contributed by atoms with Gasteiger partial charge in [-0.2, -0.15) is 0 Å². The van der Waals surface area contributed by atoms with E-state index in [1.165, 1.54) is 12.1 Å². The first kappa shape index (κ1) is 24.9. The van der Waals surface area contributed by atoms with Crippen molar-refractivity contribution < 1.29 is 19.2 Å². The fourth-order valence-electron chi connectivity index (χ4n) is 4.38. The number of nitro benzene ring substituents is 1. The number of carbonyl (C=O) groups is 2. The lowest BCUT2D eigenvalue weighted by Crippen LogP contribution is -2.56. The molecule has 1 aromatic heterocycles. The molecule has 1 aliphatic heterocycles. The number of nitro groups is 1. The number of ether oxygens (including phenoxy) is 1. The Kier molecular flexibility index (Phi) is 7.04. The standard InChI is InChI=1S/C25H30N4O5/c1-16-12-20(17-8-6-10-19(13-17)29(32)33)22(23(31)27-15-21(30)34-24(2,3)4)25(5,28-16)18-9-7-11-26-14-18/h6-14,20,22,28H,15H2,1-5H3,(H,27,31). The van der Waals surface area contributed by atoms with E-state index < -0.39 is 33.9 Å². The molecule has 0 fully saturated rings. The van der Waals surface area contributed by atoms with E-state index >= 15 is 0 Å². The van der Waals surface area contributed by atoms with E-state index in [1.54, 1.807) is 51.4 Å². The number of nitrogens with zero attached hydrogens (tertiary/aromatic N) is 2. The first-order valence-electron chi connectivity index (χ1n) is 11.0. The lowest BCUT2D eigenvalue weighted by atomic mass is 9.68. The first-order chi connectivity index (χ1) is 15.9. The second-order valence-corrected chi connectivity index (χ2v) is 9.58. The van der Waals surface area contributed by atoms with Crippen LogP contribution in [0.2, 0.25) is 0 Å². The molecule has 0 aliphatic carbocycles. The fourth-order valence-corrected chi connectivity index (χ4v) is 4.38. The number of benzene rings is 1. The monoisotopic (exact) mass is 466 g/mol. The van der Waals surface area contributed by atoms with Crippen LogP contribution in [0.4, 0.5) is 5.69 Å². The van der Waals surface area contributed by atoms with Crippen molar-refractivity contribution in [1.82, 2.24) is 15.6 Å². The maximum atomic E-state index is 13.6. The van der Waals surface area contributed by atoms with Crippen LogP contribution in [-0.4, -0.2) is 33.9 Å². The van der Waals surface area contributed by atoms with Crippen molar-refractivity contribution in [3.05, 3.63) is 81.8 Å². The Morgan fingerprint density at radius 2 is 2.00 bits per heavy atom. The summed E-state index contributed by atoms with van der Waals surface area (Å²) in [6, 6.07) is 9.93. The summed E-state index contributed by atoms with van der Waals surface area (Å²) in [6.45, 7) is 8.74. The van der Waals surface area contributed by atoms with Crippen LogP contribution in [0.3, 0.4) is 0 Å². The fraction of sp³-hybridized carbons (Fsp3) is 0.400. The van der Waals surface area contributed by atoms with Gasteiger partial charge in [0.2, 0.25) is 5.91 Å². The molecule has 0 radical (unpaired) electrons. The summed E-state index contributed by atoms with van der Waals surface area (Å²) in [5, 5.41) is 17.5. The van der Waals surface area contributed by atoms with Gasteiger partial charge in [0, 0.05) is 36.1 Å². The SMILES string of the molecule is CC1=CC(c2cccc([N+](=O)[O-])c2)C(C(=O)NCC(=O)OC(C)(C)C)C(C)(c2cccnc2)N1. The Morgan fingerprint density at radius 1 is 1.26 bits per heavy atom. The number of aromatic nitrogens is 1. The van der Waals surface area contributed by atoms with E-state index in [0.717, 1.165) is 11.3 Å². The normalized spacial score (nSPS) is 22.2.